The van der Waals surface area contributed by atoms with Crippen molar-refractivity contribution in [3.8, 4) is 0 Å². The summed E-state index contributed by atoms with van der Waals surface area (Å²) in [5.74, 6) is -11.1. The first-order valence-electron chi connectivity index (χ1n) is 4.68. The van der Waals surface area contributed by atoms with Crippen molar-refractivity contribution in [2.75, 3.05) is 0 Å². The molecule has 23 heavy (non-hydrogen) atoms. The molecular weight excluding hydrogens is 441 g/mol. The van der Waals surface area contributed by atoms with Gasteiger partial charge in [0, 0.05) is 0 Å². The van der Waals surface area contributed by atoms with Gasteiger partial charge in [-0.25, -0.2) is 38.7 Å². The maximum atomic E-state index is 11.0. The van der Waals surface area contributed by atoms with Crippen LogP contribution in [0.25, 0.3) is 0 Å². The van der Waals surface area contributed by atoms with E-state index in [1.165, 1.54) is 0 Å². The van der Waals surface area contributed by atoms with Gasteiger partial charge in [-0.15, -0.1) is 0 Å². The van der Waals surface area contributed by atoms with Gasteiger partial charge in [-0.1, -0.05) is 11.6 Å². The van der Waals surface area contributed by atoms with Gasteiger partial charge in [0.15, 0.2) is 0 Å². The third-order valence-electron chi connectivity index (χ3n) is 1.51. The van der Waals surface area contributed by atoms with Gasteiger partial charge < -0.3 is 5.11 Å². The molecule has 0 aromatic heterocycles. The zero-order chi connectivity index (χ0) is 18.1. The molecule has 14 nitrogen and oxygen atoms in total. The third kappa shape index (κ3) is 5.23. The zero-order valence-corrected chi connectivity index (χ0v) is 13.2. The first-order valence-corrected chi connectivity index (χ1v) is 7.19. The molecule has 0 aliphatic carbocycles. The zero-order valence-electron chi connectivity index (χ0n) is 10.1. The molecule has 0 bridgehead atoms. The molecule has 130 valence electrons. The fourth-order valence-corrected chi connectivity index (χ4v) is 1.48. The van der Waals surface area contributed by atoms with Gasteiger partial charge in [0.05, 0.1) is 0 Å². The summed E-state index contributed by atoms with van der Waals surface area (Å²) in [6, 6.07) is 0. The largest absolute Gasteiger partial charge is 0.467 e. The van der Waals surface area contributed by atoms with Crippen molar-refractivity contribution >= 4 is 61.8 Å². The Morgan fingerprint density at radius 2 is 1.52 bits per heavy atom. The highest BCUT2D eigenvalue weighted by Gasteiger charge is 2.60. The lowest BCUT2D eigenvalue weighted by atomic mass is 10.6. The number of rotatable bonds is 2. The Labute approximate surface area is 138 Å². The standard InChI is InChI=1S/C6H3BrClNO13S/c7-5(8,9)3(12)19-17-1(10)2(11)18-20-4(13)6(14)21-23(15,16)22-6/h14H,9H2. The highest BCUT2D eigenvalue weighted by Crippen LogP contribution is 2.29. The number of hydrogen-bond acceptors (Lipinski definition) is 14. The fraction of sp³-hybridized carbons (Fsp3) is 0.333. The van der Waals surface area contributed by atoms with Gasteiger partial charge in [0.2, 0.25) is 3.91 Å². The number of hydrogen-bond donors (Lipinski definition) is 2. The third-order valence-corrected chi connectivity index (χ3v) is 2.85. The summed E-state index contributed by atoms with van der Waals surface area (Å²) < 4.78 is 25.8. The molecule has 17 heteroatoms. The van der Waals surface area contributed by atoms with E-state index in [2.05, 4.69) is 43.8 Å². The van der Waals surface area contributed by atoms with E-state index in [0.29, 0.717) is 0 Å². The van der Waals surface area contributed by atoms with Gasteiger partial charge >= 0.3 is 40.2 Å². The van der Waals surface area contributed by atoms with Crippen molar-refractivity contribution in [1.29, 1.82) is 0 Å². The minimum atomic E-state index is -4.59. The van der Waals surface area contributed by atoms with E-state index >= 15 is 0 Å². The summed E-state index contributed by atoms with van der Waals surface area (Å²) in [6.07, 6.45) is 0. The van der Waals surface area contributed by atoms with E-state index < -0.39 is 44.2 Å². The average Bonchev–Trinajstić information content (AvgIpc) is 2.37. The summed E-state index contributed by atoms with van der Waals surface area (Å²) in [4.78, 5) is 58.2. The topological polar surface area (TPSA) is 204 Å². The van der Waals surface area contributed by atoms with Gasteiger partial charge in [0.1, 0.15) is 0 Å². The molecule has 0 radical (unpaired) electrons. The lowest BCUT2D eigenvalue weighted by Gasteiger charge is -2.29. The molecule has 0 spiro atoms. The van der Waals surface area contributed by atoms with E-state index in [9.17, 15) is 27.6 Å². The van der Waals surface area contributed by atoms with Gasteiger partial charge in [-0.2, -0.15) is 16.8 Å². The molecular formula is C6H3BrClNO13S. The Morgan fingerprint density at radius 1 is 1.09 bits per heavy atom. The first kappa shape index (κ1) is 19.5. The van der Waals surface area contributed by atoms with Gasteiger partial charge in [-0.05, 0) is 15.9 Å². The maximum Gasteiger partial charge on any atom is 0.467 e. The van der Waals surface area contributed by atoms with Crippen LogP contribution in [0.2, 0.25) is 0 Å². The molecule has 1 saturated heterocycles. The molecule has 3 N–H and O–H groups in total. The second-order valence-electron chi connectivity index (χ2n) is 3.26. The summed E-state index contributed by atoms with van der Waals surface area (Å²) in [6.45, 7) is 0. The highest BCUT2D eigenvalue weighted by molar-refractivity contribution is 9.10. The van der Waals surface area contributed by atoms with Gasteiger partial charge in [-0.3, -0.25) is 5.73 Å². The smallest absolute Gasteiger partial charge is 0.332 e. The SMILES string of the molecule is NC(Cl)(Br)C(=O)OOC(=O)C(=O)OOC(=O)C1(O)OS(=O)(=O)O1. The minimum absolute atomic E-state index is 1.53. The molecule has 1 fully saturated rings. The minimum Gasteiger partial charge on any atom is -0.332 e. The van der Waals surface area contributed by atoms with E-state index in [0.717, 1.165) is 0 Å². The number of alkyl halides is 2. The first-order chi connectivity index (χ1) is 10.3. The van der Waals surface area contributed by atoms with Crippen LogP contribution in [0, 0.1) is 0 Å². The summed E-state index contributed by atoms with van der Waals surface area (Å²) in [5.41, 5.74) is 4.96. The van der Waals surface area contributed by atoms with Crippen molar-refractivity contribution in [2.45, 2.75) is 9.88 Å². The molecule has 0 aromatic rings. The Morgan fingerprint density at radius 3 is 1.91 bits per heavy atom. The summed E-state index contributed by atoms with van der Waals surface area (Å²) >= 11 is 7.60. The molecule has 1 atom stereocenters. The van der Waals surface area contributed by atoms with Crippen LogP contribution in [0.3, 0.4) is 0 Å². The van der Waals surface area contributed by atoms with Crippen LogP contribution in [0.4, 0.5) is 0 Å². The Hall–Kier alpha value is -1.56. The predicted octanol–water partition coefficient (Wildman–Crippen LogP) is -2.83. The van der Waals surface area contributed by atoms with E-state index in [1.807, 2.05) is 0 Å². The van der Waals surface area contributed by atoms with Crippen molar-refractivity contribution in [1.82, 2.24) is 0 Å². The lowest BCUT2D eigenvalue weighted by Crippen LogP contribution is -2.57. The predicted molar refractivity (Wildman–Crippen MR) is 62.1 cm³/mol. The molecule has 0 aromatic carbocycles. The van der Waals surface area contributed by atoms with Gasteiger partial charge in [0.25, 0.3) is 0 Å². The highest BCUT2D eigenvalue weighted by atomic mass is 79.9. The molecule has 1 aliphatic heterocycles. The number of halogens is 2. The summed E-state index contributed by atoms with van der Waals surface area (Å²) in [5, 5.41) is 9.02. The van der Waals surface area contributed by atoms with Crippen molar-refractivity contribution in [2.24, 2.45) is 5.73 Å². The van der Waals surface area contributed by atoms with Crippen LogP contribution in [0.1, 0.15) is 0 Å². The van der Waals surface area contributed by atoms with Crippen LogP contribution >= 0.6 is 27.5 Å². The Bertz CT molecular complexity index is 640. The lowest BCUT2D eigenvalue weighted by molar-refractivity contribution is -0.347. The van der Waals surface area contributed by atoms with Crippen LogP contribution in [0.15, 0.2) is 0 Å². The Balaban J connectivity index is 2.41. The Kier molecular flexibility index (Phi) is 5.52. The van der Waals surface area contributed by atoms with Crippen molar-refractivity contribution in [3.63, 3.8) is 0 Å². The number of nitrogens with two attached hydrogens (primary N) is 1. The molecule has 0 amide bonds. The maximum absolute atomic E-state index is 11.0. The van der Waals surface area contributed by atoms with E-state index in [-0.39, 0.29) is 0 Å². The van der Waals surface area contributed by atoms with Crippen LogP contribution < -0.4 is 5.73 Å². The quantitative estimate of drug-likeness (QED) is 0.145. The average molecular weight is 445 g/mol. The van der Waals surface area contributed by atoms with E-state index in [4.69, 9.17) is 22.4 Å². The fourth-order valence-electron chi connectivity index (χ4n) is 0.679. The van der Waals surface area contributed by atoms with Crippen LogP contribution in [0.5, 0.6) is 0 Å². The monoisotopic (exact) mass is 443 g/mol. The second-order valence-corrected chi connectivity index (χ2v) is 6.72. The molecule has 1 heterocycles. The number of carbonyl (C=O) groups excluding carboxylic acids is 4. The van der Waals surface area contributed by atoms with Crippen LogP contribution in [-0.4, -0.2) is 47.3 Å². The molecule has 1 unspecified atom stereocenters. The number of aliphatic hydroxyl groups is 1. The van der Waals surface area contributed by atoms with Crippen LogP contribution in [-0.2, 0) is 57.5 Å². The molecule has 1 rings (SSSR count). The van der Waals surface area contributed by atoms with Crippen molar-refractivity contribution < 1.29 is 60.6 Å². The van der Waals surface area contributed by atoms with Crippen molar-refractivity contribution in [3.05, 3.63) is 0 Å². The second kappa shape index (κ2) is 6.51. The van der Waals surface area contributed by atoms with E-state index in [1.54, 1.807) is 0 Å². The summed E-state index contributed by atoms with van der Waals surface area (Å²) in [7, 11) is -4.59. The number of carbonyl (C=O) groups is 4. The molecule has 0 saturated carbocycles. The normalized spacial score (nSPS) is 20.2. The molecule has 1 aliphatic rings.